The van der Waals surface area contributed by atoms with Gasteiger partial charge in [-0.1, -0.05) is 25.1 Å². The minimum Gasteiger partial charge on any atom is -0.480 e. The highest BCUT2D eigenvalue weighted by molar-refractivity contribution is 7.17. The minimum atomic E-state index is -0.700. The van der Waals surface area contributed by atoms with Gasteiger partial charge in [0.2, 0.25) is 0 Å². The highest BCUT2D eigenvalue weighted by Gasteiger charge is 2.38. The van der Waals surface area contributed by atoms with Gasteiger partial charge in [-0.15, -0.1) is 22.7 Å². The SMILES string of the molecule is CCc1ccc(C(c2csc3ccccc23)N2CCCC2C(=O)O)s1. The third-order valence-electron chi connectivity index (χ3n) is 5.02. The Morgan fingerprint density at radius 3 is 2.92 bits per heavy atom. The Labute approximate surface area is 155 Å². The summed E-state index contributed by atoms with van der Waals surface area (Å²) >= 11 is 3.57. The van der Waals surface area contributed by atoms with Crippen LogP contribution >= 0.6 is 22.7 Å². The maximum Gasteiger partial charge on any atom is 0.320 e. The summed E-state index contributed by atoms with van der Waals surface area (Å²) in [7, 11) is 0. The molecule has 25 heavy (non-hydrogen) atoms. The van der Waals surface area contributed by atoms with E-state index in [4.69, 9.17) is 0 Å². The average Bonchev–Trinajstić information content (AvgIpc) is 3.35. The van der Waals surface area contributed by atoms with Gasteiger partial charge in [-0.2, -0.15) is 0 Å². The van der Waals surface area contributed by atoms with Crippen molar-refractivity contribution < 1.29 is 9.90 Å². The van der Waals surface area contributed by atoms with Crippen LogP contribution in [-0.4, -0.2) is 28.6 Å². The summed E-state index contributed by atoms with van der Waals surface area (Å²) in [6.45, 7) is 3.01. The van der Waals surface area contributed by atoms with Gasteiger partial charge in [-0.05, 0) is 53.8 Å². The van der Waals surface area contributed by atoms with E-state index in [0.29, 0.717) is 0 Å². The lowest BCUT2D eigenvalue weighted by atomic mass is 10.0. The van der Waals surface area contributed by atoms with E-state index < -0.39 is 12.0 Å². The molecule has 130 valence electrons. The topological polar surface area (TPSA) is 40.5 Å². The van der Waals surface area contributed by atoms with Gasteiger partial charge in [-0.25, -0.2) is 0 Å². The van der Waals surface area contributed by atoms with Crippen LogP contribution in [0, 0.1) is 0 Å². The largest absolute Gasteiger partial charge is 0.480 e. The second-order valence-electron chi connectivity index (χ2n) is 6.48. The molecule has 4 rings (SSSR count). The summed E-state index contributed by atoms with van der Waals surface area (Å²) in [6, 6.07) is 12.5. The molecule has 1 saturated heterocycles. The number of benzene rings is 1. The third kappa shape index (κ3) is 3.01. The Hall–Kier alpha value is -1.69. The monoisotopic (exact) mass is 371 g/mol. The fourth-order valence-corrected chi connectivity index (χ4v) is 5.87. The number of carboxylic acid groups (broad SMARTS) is 1. The molecule has 2 atom stereocenters. The van der Waals surface area contributed by atoms with Crippen LogP contribution in [-0.2, 0) is 11.2 Å². The van der Waals surface area contributed by atoms with Gasteiger partial charge >= 0.3 is 5.97 Å². The van der Waals surface area contributed by atoms with Gasteiger partial charge in [0.05, 0.1) is 6.04 Å². The summed E-state index contributed by atoms with van der Waals surface area (Å²) in [6.07, 6.45) is 2.70. The van der Waals surface area contributed by atoms with Crippen LogP contribution in [0.2, 0.25) is 0 Å². The van der Waals surface area contributed by atoms with Crippen molar-refractivity contribution in [3.63, 3.8) is 0 Å². The average molecular weight is 372 g/mol. The van der Waals surface area contributed by atoms with Gasteiger partial charge in [0.25, 0.3) is 0 Å². The molecular formula is C20H21NO2S2. The first-order chi connectivity index (χ1) is 12.2. The number of aryl methyl sites for hydroxylation is 1. The number of likely N-dealkylation sites (tertiary alicyclic amines) is 1. The molecule has 3 aromatic rings. The summed E-state index contributed by atoms with van der Waals surface area (Å²) in [5.41, 5.74) is 1.25. The lowest BCUT2D eigenvalue weighted by Gasteiger charge is -2.30. The maximum absolute atomic E-state index is 11.8. The highest BCUT2D eigenvalue weighted by atomic mass is 32.1. The zero-order chi connectivity index (χ0) is 17.4. The summed E-state index contributed by atoms with van der Waals surface area (Å²) in [5, 5.41) is 13.2. The van der Waals surface area contributed by atoms with E-state index in [9.17, 15) is 9.90 Å². The molecule has 2 aromatic heterocycles. The Balaban J connectivity index is 1.85. The molecule has 5 heteroatoms. The van der Waals surface area contributed by atoms with E-state index in [1.807, 2.05) is 11.3 Å². The van der Waals surface area contributed by atoms with Crippen LogP contribution in [0.25, 0.3) is 10.1 Å². The molecule has 0 aliphatic carbocycles. The first-order valence-corrected chi connectivity index (χ1v) is 10.4. The minimum absolute atomic E-state index is 0.0325. The molecule has 1 aromatic carbocycles. The van der Waals surface area contributed by atoms with Crippen molar-refractivity contribution >= 4 is 38.7 Å². The Kier molecular flexibility index (Phi) is 4.63. The van der Waals surface area contributed by atoms with Crippen LogP contribution < -0.4 is 0 Å². The van der Waals surface area contributed by atoms with Crippen molar-refractivity contribution in [2.45, 2.75) is 38.3 Å². The summed E-state index contributed by atoms with van der Waals surface area (Å²) in [5.74, 6) is -0.700. The van der Waals surface area contributed by atoms with Crippen molar-refractivity contribution in [1.29, 1.82) is 0 Å². The lowest BCUT2D eigenvalue weighted by Crippen LogP contribution is -2.38. The summed E-state index contributed by atoms with van der Waals surface area (Å²) < 4.78 is 1.26. The number of fused-ring (bicyclic) bond motifs is 1. The van der Waals surface area contributed by atoms with Crippen molar-refractivity contribution in [3.05, 3.63) is 57.1 Å². The van der Waals surface area contributed by atoms with Gasteiger partial charge in [-0.3, -0.25) is 9.69 Å². The molecular weight excluding hydrogens is 350 g/mol. The van der Waals surface area contributed by atoms with E-state index in [2.05, 4.69) is 53.6 Å². The van der Waals surface area contributed by atoms with Crippen molar-refractivity contribution in [1.82, 2.24) is 4.90 Å². The number of hydrogen-bond acceptors (Lipinski definition) is 4. The zero-order valence-corrected chi connectivity index (χ0v) is 15.8. The molecule has 0 amide bonds. The maximum atomic E-state index is 11.8. The number of rotatable bonds is 5. The van der Waals surface area contributed by atoms with Crippen molar-refractivity contribution in [2.75, 3.05) is 6.54 Å². The summed E-state index contributed by atoms with van der Waals surface area (Å²) in [4.78, 5) is 16.6. The van der Waals surface area contributed by atoms with Gasteiger partial charge in [0.15, 0.2) is 0 Å². The van der Waals surface area contributed by atoms with E-state index in [1.165, 1.54) is 25.4 Å². The molecule has 1 aliphatic rings. The molecule has 1 fully saturated rings. The highest BCUT2D eigenvalue weighted by Crippen LogP contribution is 2.42. The quantitative estimate of drug-likeness (QED) is 0.673. The van der Waals surface area contributed by atoms with Crippen LogP contribution in [0.15, 0.2) is 41.8 Å². The molecule has 2 unspecified atom stereocenters. The Bertz CT molecular complexity index is 898. The number of carbonyl (C=O) groups is 1. The van der Waals surface area contributed by atoms with Gasteiger partial charge in [0.1, 0.15) is 6.04 Å². The van der Waals surface area contributed by atoms with E-state index in [1.54, 1.807) is 11.3 Å². The normalized spacial score (nSPS) is 19.5. The molecule has 1 aliphatic heterocycles. The molecule has 1 N–H and O–H groups in total. The Morgan fingerprint density at radius 2 is 2.16 bits per heavy atom. The van der Waals surface area contributed by atoms with Crippen LogP contribution in [0.5, 0.6) is 0 Å². The van der Waals surface area contributed by atoms with E-state index in [0.717, 1.165) is 25.8 Å². The molecule has 0 saturated carbocycles. The molecule has 0 bridgehead atoms. The van der Waals surface area contributed by atoms with Crippen molar-refractivity contribution in [2.24, 2.45) is 0 Å². The van der Waals surface area contributed by atoms with Crippen LogP contribution in [0.3, 0.4) is 0 Å². The van der Waals surface area contributed by atoms with Crippen LogP contribution in [0.1, 0.15) is 41.1 Å². The number of thiophene rings is 2. The predicted octanol–water partition coefficient (Wildman–Crippen LogP) is 5.16. The van der Waals surface area contributed by atoms with Gasteiger partial charge < -0.3 is 5.11 Å². The second kappa shape index (κ2) is 6.90. The lowest BCUT2D eigenvalue weighted by molar-refractivity contribution is -0.142. The zero-order valence-electron chi connectivity index (χ0n) is 14.1. The first kappa shape index (κ1) is 16.8. The Morgan fingerprint density at radius 1 is 1.32 bits per heavy atom. The fourth-order valence-electron chi connectivity index (χ4n) is 3.80. The molecule has 3 nitrogen and oxygen atoms in total. The molecule has 0 spiro atoms. The third-order valence-corrected chi connectivity index (χ3v) is 7.28. The van der Waals surface area contributed by atoms with Gasteiger partial charge in [0, 0.05) is 21.0 Å². The van der Waals surface area contributed by atoms with Crippen molar-refractivity contribution in [3.8, 4) is 0 Å². The van der Waals surface area contributed by atoms with E-state index in [-0.39, 0.29) is 6.04 Å². The molecule has 0 radical (unpaired) electrons. The second-order valence-corrected chi connectivity index (χ2v) is 8.59. The standard InChI is InChI=1S/C20H21NO2S2/c1-2-13-9-10-18(25-13)19(21-11-5-7-16(21)20(22)23)15-12-24-17-8-4-3-6-14(15)17/h3-4,6,8-10,12,16,19H,2,5,7,11H2,1H3,(H,22,23). The molecule has 3 heterocycles. The van der Waals surface area contributed by atoms with E-state index >= 15 is 0 Å². The predicted molar refractivity (Wildman–Crippen MR) is 105 cm³/mol. The number of hydrogen-bond donors (Lipinski definition) is 1. The fraction of sp³-hybridized carbons (Fsp3) is 0.350. The first-order valence-electron chi connectivity index (χ1n) is 8.72. The van der Waals surface area contributed by atoms with Crippen LogP contribution in [0.4, 0.5) is 0 Å². The number of nitrogens with zero attached hydrogens (tertiary/aromatic N) is 1. The number of carboxylic acids is 1. The number of aliphatic carboxylic acids is 1. The smallest absolute Gasteiger partial charge is 0.320 e.